The van der Waals surface area contributed by atoms with Gasteiger partial charge in [0.15, 0.2) is 0 Å². The number of benzene rings is 2. The SMILES string of the molecule is Cc1ccc(C(=O)c2cc(-c3ccc(C)cc3)nc(=O)[nH]2)cc1. The number of nitrogens with one attached hydrogen (secondary N) is 1. The fraction of sp³-hybridized carbons (Fsp3) is 0.105. The van der Waals surface area contributed by atoms with E-state index in [0.717, 1.165) is 16.7 Å². The van der Waals surface area contributed by atoms with E-state index < -0.39 is 5.69 Å². The van der Waals surface area contributed by atoms with Crippen LogP contribution in [-0.4, -0.2) is 15.8 Å². The van der Waals surface area contributed by atoms with Crippen LogP contribution in [0.15, 0.2) is 59.4 Å². The predicted molar refractivity (Wildman–Crippen MR) is 89.6 cm³/mol. The molecule has 1 heterocycles. The summed E-state index contributed by atoms with van der Waals surface area (Å²) in [5.41, 5.74) is 3.74. The summed E-state index contributed by atoms with van der Waals surface area (Å²) in [6.45, 7) is 3.94. The van der Waals surface area contributed by atoms with E-state index in [2.05, 4.69) is 9.97 Å². The van der Waals surface area contributed by atoms with Gasteiger partial charge >= 0.3 is 5.69 Å². The van der Waals surface area contributed by atoms with Gasteiger partial charge in [-0.1, -0.05) is 59.7 Å². The molecule has 0 saturated carbocycles. The number of carbonyl (C=O) groups is 1. The number of rotatable bonds is 3. The molecule has 1 N–H and O–H groups in total. The number of hydrogen-bond donors (Lipinski definition) is 1. The van der Waals surface area contributed by atoms with E-state index in [1.54, 1.807) is 18.2 Å². The van der Waals surface area contributed by atoms with Crippen molar-refractivity contribution in [3.05, 3.63) is 87.5 Å². The van der Waals surface area contributed by atoms with E-state index in [-0.39, 0.29) is 11.5 Å². The molecular weight excluding hydrogens is 288 g/mol. The number of aromatic nitrogens is 2. The maximum absolute atomic E-state index is 12.5. The molecule has 0 spiro atoms. The standard InChI is InChI=1S/C19H16N2O2/c1-12-3-7-14(8-4-12)16-11-17(21-19(23)20-16)18(22)15-9-5-13(2)6-10-15/h3-11H,1-2H3,(H,20,21,23). The number of H-pyrrole nitrogens is 1. The van der Waals surface area contributed by atoms with Crippen molar-refractivity contribution < 1.29 is 4.79 Å². The van der Waals surface area contributed by atoms with Gasteiger partial charge < -0.3 is 4.98 Å². The zero-order valence-corrected chi connectivity index (χ0v) is 13.0. The molecule has 4 heteroatoms. The Labute approximate surface area is 133 Å². The van der Waals surface area contributed by atoms with Crippen LogP contribution in [0.1, 0.15) is 27.2 Å². The normalized spacial score (nSPS) is 10.5. The monoisotopic (exact) mass is 304 g/mol. The van der Waals surface area contributed by atoms with Crippen LogP contribution < -0.4 is 5.69 Å². The molecule has 0 bridgehead atoms. The van der Waals surface area contributed by atoms with E-state index >= 15 is 0 Å². The average Bonchev–Trinajstić information content (AvgIpc) is 2.55. The topological polar surface area (TPSA) is 62.8 Å². The average molecular weight is 304 g/mol. The van der Waals surface area contributed by atoms with Crippen LogP contribution >= 0.6 is 0 Å². The molecule has 3 aromatic rings. The Morgan fingerprint density at radius 3 is 2.09 bits per heavy atom. The fourth-order valence-electron chi connectivity index (χ4n) is 2.31. The van der Waals surface area contributed by atoms with Crippen molar-refractivity contribution >= 4 is 5.78 Å². The van der Waals surface area contributed by atoms with Gasteiger partial charge in [-0.2, -0.15) is 4.98 Å². The summed E-state index contributed by atoms with van der Waals surface area (Å²) < 4.78 is 0. The fourth-order valence-corrected chi connectivity index (χ4v) is 2.31. The van der Waals surface area contributed by atoms with Gasteiger partial charge in [0.05, 0.1) is 11.4 Å². The van der Waals surface area contributed by atoms with Gasteiger partial charge in [-0.15, -0.1) is 0 Å². The highest BCUT2D eigenvalue weighted by Gasteiger charge is 2.12. The van der Waals surface area contributed by atoms with Gasteiger partial charge in [0, 0.05) is 11.1 Å². The first kappa shape index (κ1) is 14.9. The predicted octanol–water partition coefficient (Wildman–Crippen LogP) is 3.28. The van der Waals surface area contributed by atoms with Crippen molar-refractivity contribution in [2.24, 2.45) is 0 Å². The number of carbonyl (C=O) groups excluding carboxylic acids is 1. The van der Waals surface area contributed by atoms with Crippen molar-refractivity contribution in [2.45, 2.75) is 13.8 Å². The Bertz CT molecular complexity index is 907. The Morgan fingerprint density at radius 2 is 1.48 bits per heavy atom. The van der Waals surface area contributed by atoms with E-state index in [1.165, 1.54) is 0 Å². The maximum atomic E-state index is 12.5. The van der Waals surface area contributed by atoms with Crippen molar-refractivity contribution in [3.63, 3.8) is 0 Å². The largest absolute Gasteiger partial charge is 0.346 e. The van der Waals surface area contributed by atoms with Crippen molar-refractivity contribution in [2.75, 3.05) is 0 Å². The van der Waals surface area contributed by atoms with Crippen LogP contribution in [0.25, 0.3) is 11.3 Å². The first-order valence-corrected chi connectivity index (χ1v) is 7.33. The molecule has 3 rings (SSSR count). The molecule has 0 atom stereocenters. The van der Waals surface area contributed by atoms with E-state index in [1.807, 2.05) is 50.2 Å². The lowest BCUT2D eigenvalue weighted by Crippen LogP contribution is -2.17. The minimum Gasteiger partial charge on any atom is -0.302 e. The summed E-state index contributed by atoms with van der Waals surface area (Å²) in [5.74, 6) is -0.224. The van der Waals surface area contributed by atoms with Gasteiger partial charge in [-0.25, -0.2) is 4.79 Å². The lowest BCUT2D eigenvalue weighted by atomic mass is 10.0. The molecule has 0 aliphatic rings. The van der Waals surface area contributed by atoms with E-state index in [9.17, 15) is 9.59 Å². The molecule has 0 aliphatic heterocycles. The number of aryl methyl sites for hydroxylation is 2. The highest BCUT2D eigenvalue weighted by atomic mass is 16.1. The summed E-state index contributed by atoms with van der Waals surface area (Å²) >= 11 is 0. The lowest BCUT2D eigenvalue weighted by molar-refractivity contribution is 0.103. The quantitative estimate of drug-likeness (QED) is 0.755. The Morgan fingerprint density at radius 1 is 0.913 bits per heavy atom. The second-order valence-electron chi connectivity index (χ2n) is 5.55. The molecule has 4 nitrogen and oxygen atoms in total. The third kappa shape index (κ3) is 3.26. The molecule has 114 valence electrons. The van der Waals surface area contributed by atoms with Gasteiger partial charge in [0.2, 0.25) is 5.78 Å². The zero-order valence-electron chi connectivity index (χ0n) is 13.0. The molecule has 0 unspecified atom stereocenters. The van der Waals surface area contributed by atoms with Crippen molar-refractivity contribution in [3.8, 4) is 11.3 Å². The third-order valence-electron chi connectivity index (χ3n) is 3.65. The molecule has 1 aromatic heterocycles. The summed E-state index contributed by atoms with van der Waals surface area (Å²) in [6.07, 6.45) is 0. The molecule has 23 heavy (non-hydrogen) atoms. The Hall–Kier alpha value is -3.01. The van der Waals surface area contributed by atoms with Crippen molar-refractivity contribution in [1.29, 1.82) is 0 Å². The summed E-state index contributed by atoms with van der Waals surface area (Å²) in [5, 5.41) is 0. The Kier molecular flexibility index (Phi) is 3.89. The molecule has 0 fully saturated rings. The minimum atomic E-state index is -0.529. The summed E-state index contributed by atoms with van der Waals surface area (Å²) in [4.78, 5) is 30.9. The highest BCUT2D eigenvalue weighted by molar-refractivity contribution is 6.08. The first-order chi connectivity index (χ1) is 11.0. The lowest BCUT2D eigenvalue weighted by Gasteiger charge is -2.05. The zero-order chi connectivity index (χ0) is 16.4. The van der Waals surface area contributed by atoms with E-state index in [0.29, 0.717) is 11.3 Å². The second-order valence-corrected chi connectivity index (χ2v) is 5.55. The van der Waals surface area contributed by atoms with E-state index in [4.69, 9.17) is 0 Å². The Balaban J connectivity index is 2.03. The molecular formula is C19H16N2O2. The maximum Gasteiger partial charge on any atom is 0.346 e. The van der Waals surface area contributed by atoms with Crippen LogP contribution in [0.2, 0.25) is 0 Å². The van der Waals surface area contributed by atoms with Crippen LogP contribution in [-0.2, 0) is 0 Å². The smallest absolute Gasteiger partial charge is 0.302 e. The number of aromatic amines is 1. The molecule has 2 aromatic carbocycles. The van der Waals surface area contributed by atoms with Gasteiger partial charge in [0.25, 0.3) is 0 Å². The van der Waals surface area contributed by atoms with Crippen LogP contribution in [0.5, 0.6) is 0 Å². The van der Waals surface area contributed by atoms with Gasteiger partial charge in [0.1, 0.15) is 0 Å². The summed E-state index contributed by atoms with van der Waals surface area (Å²) in [7, 11) is 0. The molecule has 0 radical (unpaired) electrons. The molecule has 0 aliphatic carbocycles. The van der Waals surface area contributed by atoms with Crippen molar-refractivity contribution in [1.82, 2.24) is 9.97 Å². The first-order valence-electron chi connectivity index (χ1n) is 7.33. The second kappa shape index (κ2) is 6.01. The third-order valence-corrected chi connectivity index (χ3v) is 3.65. The highest BCUT2D eigenvalue weighted by Crippen LogP contribution is 2.18. The number of ketones is 1. The molecule has 0 saturated heterocycles. The molecule has 0 amide bonds. The van der Waals surface area contributed by atoms with Crippen LogP contribution in [0.3, 0.4) is 0 Å². The number of nitrogens with zero attached hydrogens (tertiary/aromatic N) is 1. The minimum absolute atomic E-state index is 0.224. The van der Waals surface area contributed by atoms with Gasteiger partial charge in [-0.3, -0.25) is 4.79 Å². The van der Waals surface area contributed by atoms with Crippen LogP contribution in [0.4, 0.5) is 0 Å². The number of hydrogen-bond acceptors (Lipinski definition) is 3. The summed E-state index contributed by atoms with van der Waals surface area (Å²) in [6, 6.07) is 16.5. The van der Waals surface area contributed by atoms with Gasteiger partial charge in [-0.05, 0) is 19.9 Å². The van der Waals surface area contributed by atoms with Crippen LogP contribution in [0, 0.1) is 13.8 Å².